The highest BCUT2D eigenvalue weighted by molar-refractivity contribution is 5.92. The lowest BCUT2D eigenvalue weighted by atomic mass is 10.0. The Balaban J connectivity index is 1.88. The van der Waals surface area contributed by atoms with Crippen LogP contribution in [0, 0.1) is 5.92 Å². The van der Waals surface area contributed by atoms with E-state index in [1.807, 2.05) is 12.1 Å². The van der Waals surface area contributed by atoms with Crippen molar-refractivity contribution >= 4 is 17.5 Å². The summed E-state index contributed by atoms with van der Waals surface area (Å²) in [4.78, 5) is 23.0. The number of carbonyl (C=O) groups is 2. The highest BCUT2D eigenvalue weighted by atomic mass is 16.2. The van der Waals surface area contributed by atoms with Crippen LogP contribution in [0.15, 0.2) is 24.3 Å². The van der Waals surface area contributed by atoms with Crippen LogP contribution in [0.4, 0.5) is 5.69 Å². The summed E-state index contributed by atoms with van der Waals surface area (Å²) < 4.78 is 0. The number of anilines is 1. The molecule has 0 saturated carbocycles. The van der Waals surface area contributed by atoms with E-state index in [1.165, 1.54) is 0 Å². The maximum Gasteiger partial charge on any atom is 0.224 e. The number of para-hydroxylation sites is 1. The fourth-order valence-corrected chi connectivity index (χ4v) is 2.49. The van der Waals surface area contributed by atoms with Gasteiger partial charge in [-0.3, -0.25) is 9.59 Å². The van der Waals surface area contributed by atoms with E-state index in [1.54, 1.807) is 12.1 Å². The van der Waals surface area contributed by atoms with Crippen molar-refractivity contribution in [1.29, 1.82) is 0 Å². The largest absolute Gasteiger partial charge is 0.369 e. The van der Waals surface area contributed by atoms with Gasteiger partial charge in [-0.25, -0.2) is 0 Å². The van der Waals surface area contributed by atoms with Crippen molar-refractivity contribution in [1.82, 2.24) is 5.32 Å². The number of benzene rings is 1. The van der Waals surface area contributed by atoms with Gasteiger partial charge >= 0.3 is 0 Å². The van der Waals surface area contributed by atoms with Crippen molar-refractivity contribution in [3.63, 3.8) is 0 Å². The minimum Gasteiger partial charge on any atom is -0.369 e. The zero-order valence-electron chi connectivity index (χ0n) is 11.5. The van der Waals surface area contributed by atoms with E-state index in [0.29, 0.717) is 18.0 Å². The maximum absolute atomic E-state index is 12.0. The summed E-state index contributed by atoms with van der Waals surface area (Å²) in [5.74, 6) is 0.194. The lowest BCUT2D eigenvalue weighted by molar-refractivity contribution is -0.118. The zero-order chi connectivity index (χ0) is 14.4. The summed E-state index contributed by atoms with van der Waals surface area (Å²) in [7, 11) is 0. The van der Waals surface area contributed by atoms with Gasteiger partial charge in [0.2, 0.25) is 11.8 Å². The molecule has 0 aromatic heterocycles. The molecule has 5 heteroatoms. The van der Waals surface area contributed by atoms with Gasteiger partial charge in [-0.15, -0.1) is 0 Å². The number of nitrogens with two attached hydrogens (primary N) is 1. The molecule has 0 radical (unpaired) electrons. The van der Waals surface area contributed by atoms with Crippen molar-refractivity contribution in [3.8, 4) is 0 Å². The molecule has 1 aliphatic rings. The molecule has 1 saturated heterocycles. The van der Waals surface area contributed by atoms with E-state index in [2.05, 4.69) is 10.6 Å². The van der Waals surface area contributed by atoms with Gasteiger partial charge < -0.3 is 16.4 Å². The van der Waals surface area contributed by atoms with Crippen molar-refractivity contribution in [2.24, 2.45) is 11.7 Å². The van der Waals surface area contributed by atoms with Crippen LogP contribution >= 0.6 is 0 Å². The smallest absolute Gasteiger partial charge is 0.224 e. The molecule has 0 bridgehead atoms. The number of nitrogens with one attached hydrogen (secondary N) is 2. The Kier molecular flexibility index (Phi) is 5.12. The van der Waals surface area contributed by atoms with Crippen LogP contribution in [0.5, 0.6) is 0 Å². The second kappa shape index (κ2) is 7.05. The molecule has 20 heavy (non-hydrogen) atoms. The first kappa shape index (κ1) is 14.5. The Morgan fingerprint density at radius 1 is 1.35 bits per heavy atom. The molecule has 1 aromatic carbocycles. The zero-order valence-corrected chi connectivity index (χ0v) is 11.5. The second-order valence-electron chi connectivity index (χ2n) is 5.25. The molecule has 0 spiro atoms. The van der Waals surface area contributed by atoms with Gasteiger partial charge in [-0.2, -0.15) is 0 Å². The van der Waals surface area contributed by atoms with E-state index >= 15 is 0 Å². The average molecular weight is 275 g/mol. The molecular formula is C15H21N3O2. The van der Waals surface area contributed by atoms with Gasteiger partial charge in [0, 0.05) is 12.1 Å². The van der Waals surface area contributed by atoms with Crippen LogP contribution in [-0.4, -0.2) is 24.9 Å². The Morgan fingerprint density at radius 3 is 2.85 bits per heavy atom. The molecule has 1 aliphatic heterocycles. The standard InChI is InChI=1S/C15H21N3O2/c16-14(19)9-12-3-1-2-4-13(12)18-15(20)6-5-11-7-8-17-10-11/h1-4,11,17H,5-10H2,(H2,16,19)(H,18,20). The first-order valence-corrected chi connectivity index (χ1v) is 7.02. The van der Waals surface area contributed by atoms with Gasteiger partial charge in [0.05, 0.1) is 6.42 Å². The number of carbonyl (C=O) groups excluding carboxylic acids is 2. The quantitative estimate of drug-likeness (QED) is 0.725. The van der Waals surface area contributed by atoms with E-state index in [0.717, 1.165) is 31.5 Å². The number of amides is 2. The molecule has 1 fully saturated rings. The van der Waals surface area contributed by atoms with Gasteiger partial charge in [-0.05, 0) is 43.5 Å². The molecular weight excluding hydrogens is 254 g/mol. The van der Waals surface area contributed by atoms with Crippen LogP contribution in [0.25, 0.3) is 0 Å². The Bertz CT molecular complexity index is 482. The third kappa shape index (κ3) is 4.35. The Hall–Kier alpha value is -1.88. The van der Waals surface area contributed by atoms with Gasteiger partial charge in [0.25, 0.3) is 0 Å². The molecule has 5 nitrogen and oxygen atoms in total. The fraction of sp³-hybridized carbons (Fsp3) is 0.467. The summed E-state index contributed by atoms with van der Waals surface area (Å²) in [6.45, 7) is 2.05. The van der Waals surface area contributed by atoms with Crippen molar-refractivity contribution in [2.75, 3.05) is 18.4 Å². The molecule has 1 aromatic rings. The lowest BCUT2D eigenvalue weighted by Crippen LogP contribution is -2.18. The first-order chi connectivity index (χ1) is 9.65. The molecule has 0 aliphatic carbocycles. The van der Waals surface area contributed by atoms with Gasteiger partial charge in [0.1, 0.15) is 0 Å². The highest BCUT2D eigenvalue weighted by Crippen LogP contribution is 2.18. The predicted octanol–water partition coefficient (Wildman–Crippen LogP) is 1.04. The molecule has 108 valence electrons. The topological polar surface area (TPSA) is 84.2 Å². The lowest BCUT2D eigenvalue weighted by Gasteiger charge is -2.11. The van der Waals surface area contributed by atoms with Crippen LogP contribution < -0.4 is 16.4 Å². The summed E-state index contributed by atoms with van der Waals surface area (Å²) >= 11 is 0. The summed E-state index contributed by atoms with van der Waals surface area (Å²) in [6.07, 6.45) is 2.70. The molecule has 1 atom stereocenters. The summed E-state index contributed by atoms with van der Waals surface area (Å²) in [6, 6.07) is 7.27. The molecule has 1 unspecified atom stereocenters. The van der Waals surface area contributed by atoms with Crippen LogP contribution in [0.1, 0.15) is 24.8 Å². The normalized spacial score (nSPS) is 17.9. The third-order valence-electron chi connectivity index (χ3n) is 3.60. The van der Waals surface area contributed by atoms with Gasteiger partial charge in [0.15, 0.2) is 0 Å². The first-order valence-electron chi connectivity index (χ1n) is 7.02. The second-order valence-corrected chi connectivity index (χ2v) is 5.25. The minimum absolute atomic E-state index is 0.00572. The number of hydrogen-bond acceptors (Lipinski definition) is 3. The fourth-order valence-electron chi connectivity index (χ4n) is 2.49. The van der Waals surface area contributed by atoms with E-state index in [9.17, 15) is 9.59 Å². The van der Waals surface area contributed by atoms with E-state index in [-0.39, 0.29) is 12.3 Å². The van der Waals surface area contributed by atoms with Crippen LogP contribution in [0.2, 0.25) is 0 Å². The number of rotatable bonds is 6. The molecule has 1 heterocycles. The Labute approximate surface area is 118 Å². The number of hydrogen-bond donors (Lipinski definition) is 3. The van der Waals surface area contributed by atoms with Gasteiger partial charge in [-0.1, -0.05) is 18.2 Å². The number of primary amides is 1. The predicted molar refractivity (Wildman–Crippen MR) is 78.2 cm³/mol. The third-order valence-corrected chi connectivity index (χ3v) is 3.60. The average Bonchev–Trinajstić information content (AvgIpc) is 2.91. The van der Waals surface area contributed by atoms with Crippen LogP contribution in [-0.2, 0) is 16.0 Å². The molecule has 4 N–H and O–H groups in total. The summed E-state index contributed by atoms with van der Waals surface area (Å²) in [5, 5.41) is 6.17. The van der Waals surface area contributed by atoms with Crippen molar-refractivity contribution in [2.45, 2.75) is 25.7 Å². The Morgan fingerprint density at radius 2 is 2.15 bits per heavy atom. The van der Waals surface area contributed by atoms with Crippen molar-refractivity contribution < 1.29 is 9.59 Å². The van der Waals surface area contributed by atoms with E-state index in [4.69, 9.17) is 5.73 Å². The van der Waals surface area contributed by atoms with Crippen LogP contribution in [0.3, 0.4) is 0 Å². The highest BCUT2D eigenvalue weighted by Gasteiger charge is 2.16. The SMILES string of the molecule is NC(=O)Cc1ccccc1NC(=O)CCC1CCNC1. The molecule has 2 rings (SSSR count). The summed E-state index contributed by atoms with van der Waals surface area (Å²) in [5.41, 5.74) is 6.65. The van der Waals surface area contributed by atoms with Crippen molar-refractivity contribution in [3.05, 3.63) is 29.8 Å². The molecule has 2 amide bonds. The maximum atomic E-state index is 12.0. The monoisotopic (exact) mass is 275 g/mol. The minimum atomic E-state index is -0.399. The van der Waals surface area contributed by atoms with E-state index < -0.39 is 5.91 Å².